The fraction of sp³-hybridized carbons (Fsp3) is 0.417. The molecule has 12 heteroatoms. The highest BCUT2D eigenvalue weighted by Crippen LogP contribution is 2.35. The van der Waals surface area contributed by atoms with Crippen LogP contribution in [0.5, 0.6) is 0 Å². The zero-order valence-corrected chi connectivity index (χ0v) is 23.6. The van der Waals surface area contributed by atoms with E-state index in [0.717, 1.165) is 36.2 Å². The zero-order valence-electron chi connectivity index (χ0n) is 19.8. The van der Waals surface area contributed by atoms with Gasteiger partial charge in [0.2, 0.25) is 21.8 Å². The Morgan fingerprint density at radius 3 is 2.28 bits per heavy atom. The van der Waals surface area contributed by atoms with E-state index in [1.54, 1.807) is 31.2 Å². The summed E-state index contributed by atoms with van der Waals surface area (Å²) in [5, 5.41) is 3.72. The number of carbonyl (C=O) groups excluding carboxylic acids is 2. The third-order valence-corrected chi connectivity index (χ3v) is 8.43. The van der Waals surface area contributed by atoms with Gasteiger partial charge in [-0.3, -0.25) is 13.9 Å². The Morgan fingerprint density at radius 1 is 1.03 bits per heavy atom. The third-order valence-electron chi connectivity index (χ3n) is 6.05. The zero-order chi connectivity index (χ0) is 26.6. The summed E-state index contributed by atoms with van der Waals surface area (Å²) in [5.74, 6) is -0.910. The molecule has 2 aromatic carbocycles. The summed E-state index contributed by atoms with van der Waals surface area (Å²) in [7, 11) is -3.96. The molecule has 0 saturated heterocycles. The molecule has 0 aromatic heterocycles. The highest BCUT2D eigenvalue weighted by molar-refractivity contribution is 7.92. The maximum atomic E-state index is 13.6. The number of hydrogen-bond donors (Lipinski definition) is 1. The van der Waals surface area contributed by atoms with Gasteiger partial charge in [-0.2, -0.15) is 0 Å². The molecule has 2 amide bonds. The Labute approximate surface area is 231 Å². The van der Waals surface area contributed by atoms with Gasteiger partial charge < -0.3 is 10.2 Å². The van der Waals surface area contributed by atoms with Crippen LogP contribution in [0.1, 0.15) is 38.2 Å². The van der Waals surface area contributed by atoms with Crippen molar-refractivity contribution in [3.8, 4) is 0 Å². The van der Waals surface area contributed by atoms with Gasteiger partial charge in [-0.25, -0.2) is 8.42 Å². The molecule has 0 spiro atoms. The smallest absolute Gasteiger partial charge is 0.244 e. The van der Waals surface area contributed by atoms with E-state index in [1.165, 1.54) is 17.0 Å². The van der Waals surface area contributed by atoms with Gasteiger partial charge in [0.15, 0.2) is 0 Å². The Kier molecular flexibility index (Phi) is 9.80. The first kappa shape index (κ1) is 28.9. The molecule has 0 radical (unpaired) electrons. The van der Waals surface area contributed by atoms with Gasteiger partial charge in [-0.15, -0.1) is 0 Å². The summed E-state index contributed by atoms with van der Waals surface area (Å²) in [6, 6.07) is 8.69. The van der Waals surface area contributed by atoms with Crippen molar-refractivity contribution in [3.63, 3.8) is 0 Å². The van der Waals surface area contributed by atoms with E-state index >= 15 is 0 Å². The Hall–Kier alpha value is -1.71. The second-order valence-electron chi connectivity index (χ2n) is 8.80. The van der Waals surface area contributed by atoms with Crippen molar-refractivity contribution in [1.29, 1.82) is 0 Å². The molecule has 2 aromatic rings. The van der Waals surface area contributed by atoms with E-state index in [4.69, 9.17) is 46.4 Å². The van der Waals surface area contributed by atoms with Crippen molar-refractivity contribution in [2.75, 3.05) is 17.1 Å². The van der Waals surface area contributed by atoms with Gasteiger partial charge in [0.25, 0.3) is 0 Å². The van der Waals surface area contributed by atoms with Crippen molar-refractivity contribution in [3.05, 3.63) is 62.1 Å². The molecule has 1 N–H and O–H groups in total. The minimum Gasteiger partial charge on any atom is -0.352 e. The number of amides is 2. The lowest BCUT2D eigenvalue weighted by atomic mass is 10.1. The van der Waals surface area contributed by atoms with Gasteiger partial charge in [0.1, 0.15) is 12.6 Å². The Morgan fingerprint density at radius 2 is 1.67 bits per heavy atom. The summed E-state index contributed by atoms with van der Waals surface area (Å²) in [5.41, 5.74) is 0.697. The number of carbonyl (C=O) groups is 2. The molecule has 0 bridgehead atoms. The van der Waals surface area contributed by atoms with Crippen molar-refractivity contribution >= 4 is 73.9 Å². The molecule has 1 atom stereocenters. The number of nitrogens with one attached hydrogen (secondary N) is 1. The minimum absolute atomic E-state index is 0.00711. The molecule has 0 aliphatic heterocycles. The Balaban J connectivity index is 1.93. The average Bonchev–Trinajstić information content (AvgIpc) is 3.30. The minimum atomic E-state index is -3.96. The molecule has 1 fully saturated rings. The molecular formula is C24H27Cl4N3O4S. The number of sulfonamides is 1. The van der Waals surface area contributed by atoms with Crippen LogP contribution < -0.4 is 9.62 Å². The monoisotopic (exact) mass is 593 g/mol. The molecular weight excluding hydrogens is 568 g/mol. The van der Waals surface area contributed by atoms with Crippen LogP contribution in [0.2, 0.25) is 20.1 Å². The quantitative estimate of drug-likeness (QED) is 0.386. The lowest BCUT2D eigenvalue weighted by molar-refractivity contribution is -0.139. The van der Waals surface area contributed by atoms with E-state index in [-0.39, 0.29) is 39.2 Å². The lowest BCUT2D eigenvalue weighted by Crippen LogP contribution is -2.52. The average molecular weight is 595 g/mol. The van der Waals surface area contributed by atoms with Crippen LogP contribution in [0.15, 0.2) is 36.4 Å². The van der Waals surface area contributed by atoms with Crippen LogP contribution in [0.3, 0.4) is 0 Å². The molecule has 1 saturated carbocycles. The summed E-state index contributed by atoms with van der Waals surface area (Å²) in [4.78, 5) is 28.0. The molecule has 36 heavy (non-hydrogen) atoms. The predicted octanol–water partition coefficient (Wildman–Crippen LogP) is 5.54. The van der Waals surface area contributed by atoms with Gasteiger partial charge in [-0.1, -0.05) is 71.4 Å². The van der Waals surface area contributed by atoms with Crippen LogP contribution in [0, 0.1) is 0 Å². The number of nitrogens with zero attached hydrogens (tertiary/aromatic N) is 2. The molecule has 1 aliphatic rings. The molecule has 3 rings (SSSR count). The van der Waals surface area contributed by atoms with Crippen LogP contribution in [-0.4, -0.2) is 50.0 Å². The number of hydrogen-bond acceptors (Lipinski definition) is 4. The third kappa shape index (κ3) is 7.42. The number of rotatable bonds is 9. The van der Waals surface area contributed by atoms with Crippen LogP contribution in [-0.2, 0) is 26.2 Å². The summed E-state index contributed by atoms with van der Waals surface area (Å²) in [6.07, 6.45) is 4.81. The van der Waals surface area contributed by atoms with Crippen molar-refractivity contribution < 1.29 is 18.0 Å². The summed E-state index contributed by atoms with van der Waals surface area (Å²) < 4.78 is 26.3. The van der Waals surface area contributed by atoms with E-state index in [9.17, 15) is 18.0 Å². The second kappa shape index (κ2) is 12.2. The van der Waals surface area contributed by atoms with Gasteiger partial charge in [0.05, 0.1) is 27.0 Å². The van der Waals surface area contributed by atoms with E-state index in [2.05, 4.69) is 5.32 Å². The number of anilines is 1. The largest absolute Gasteiger partial charge is 0.352 e. The van der Waals surface area contributed by atoms with E-state index < -0.39 is 28.5 Å². The van der Waals surface area contributed by atoms with Crippen molar-refractivity contribution in [1.82, 2.24) is 10.2 Å². The van der Waals surface area contributed by atoms with Crippen molar-refractivity contribution in [2.24, 2.45) is 0 Å². The molecule has 196 valence electrons. The first-order chi connectivity index (χ1) is 16.9. The predicted molar refractivity (Wildman–Crippen MR) is 146 cm³/mol. The maximum absolute atomic E-state index is 13.6. The highest BCUT2D eigenvalue weighted by Gasteiger charge is 2.32. The topological polar surface area (TPSA) is 86.8 Å². The van der Waals surface area contributed by atoms with Gasteiger partial charge in [-0.05, 0) is 49.6 Å². The fourth-order valence-electron chi connectivity index (χ4n) is 4.10. The molecule has 7 nitrogen and oxygen atoms in total. The SMILES string of the molecule is C[C@@H](C(=O)NC1CCCC1)N(Cc1cccc(Cl)c1)C(=O)CN(c1cc(Cl)c(Cl)cc1Cl)S(C)(=O)=O. The van der Waals surface area contributed by atoms with Gasteiger partial charge >= 0.3 is 0 Å². The molecule has 0 unspecified atom stereocenters. The van der Waals surface area contributed by atoms with Crippen LogP contribution in [0.25, 0.3) is 0 Å². The fourth-order valence-corrected chi connectivity index (χ4v) is 5.86. The first-order valence-electron chi connectivity index (χ1n) is 11.3. The summed E-state index contributed by atoms with van der Waals surface area (Å²) in [6.45, 7) is 1.06. The van der Waals surface area contributed by atoms with Crippen molar-refractivity contribution in [2.45, 2.75) is 51.2 Å². The first-order valence-corrected chi connectivity index (χ1v) is 14.7. The van der Waals surface area contributed by atoms with Crippen LogP contribution in [0.4, 0.5) is 5.69 Å². The maximum Gasteiger partial charge on any atom is 0.244 e. The molecule has 0 heterocycles. The highest BCUT2D eigenvalue weighted by atomic mass is 35.5. The second-order valence-corrected chi connectivity index (χ2v) is 12.4. The van der Waals surface area contributed by atoms with E-state index in [1.807, 2.05) is 0 Å². The van der Waals surface area contributed by atoms with E-state index in [0.29, 0.717) is 10.6 Å². The Bertz CT molecular complexity index is 1240. The van der Waals surface area contributed by atoms with Crippen LogP contribution >= 0.6 is 46.4 Å². The normalized spacial score (nSPS) is 14.9. The number of halogens is 4. The molecule has 1 aliphatic carbocycles. The van der Waals surface area contributed by atoms with Gasteiger partial charge in [0, 0.05) is 17.6 Å². The lowest BCUT2D eigenvalue weighted by Gasteiger charge is -2.32. The summed E-state index contributed by atoms with van der Waals surface area (Å²) >= 11 is 24.5. The standard InChI is InChI=1S/C24H27Cl4N3O4S/c1-15(24(33)29-18-8-3-4-9-18)30(13-16-6-5-7-17(25)10-16)23(32)14-31(36(2,34)35)22-12-20(27)19(26)11-21(22)28/h5-7,10-12,15,18H,3-4,8-9,13-14H2,1-2H3,(H,29,33)/t15-/m0/s1. The number of benzene rings is 2.